The number of carbonyl (C=O) groups excluding carboxylic acids is 1. The zero-order chi connectivity index (χ0) is 21.3. The van der Waals surface area contributed by atoms with Crippen molar-refractivity contribution in [2.75, 3.05) is 36.5 Å². The molecule has 156 valence electrons. The first-order valence-corrected chi connectivity index (χ1v) is 10.3. The first-order valence-electron chi connectivity index (χ1n) is 10.3. The third-order valence-electron chi connectivity index (χ3n) is 4.84. The number of carbonyl (C=O) groups is 1. The SMILES string of the molecule is O=C(NCc1ccnc(N2CCOCC2)c1)Nc1cccc(C#Cc2ccccc2)c1. The number of benzene rings is 2. The number of nitrogens with one attached hydrogen (secondary N) is 2. The number of anilines is 2. The van der Waals surface area contributed by atoms with Gasteiger partial charge in [0.15, 0.2) is 0 Å². The lowest BCUT2D eigenvalue weighted by molar-refractivity contribution is 0.122. The summed E-state index contributed by atoms with van der Waals surface area (Å²) in [5, 5.41) is 5.77. The summed E-state index contributed by atoms with van der Waals surface area (Å²) in [5.41, 5.74) is 3.48. The van der Waals surface area contributed by atoms with Crippen LogP contribution in [-0.4, -0.2) is 37.3 Å². The number of hydrogen-bond acceptors (Lipinski definition) is 4. The highest BCUT2D eigenvalue weighted by molar-refractivity contribution is 5.89. The number of rotatable bonds is 4. The average Bonchev–Trinajstić information content (AvgIpc) is 2.83. The number of hydrogen-bond donors (Lipinski definition) is 2. The van der Waals surface area contributed by atoms with Crippen LogP contribution in [0.1, 0.15) is 16.7 Å². The van der Waals surface area contributed by atoms with Crippen LogP contribution in [0.4, 0.5) is 16.3 Å². The quantitative estimate of drug-likeness (QED) is 0.642. The highest BCUT2D eigenvalue weighted by Crippen LogP contribution is 2.14. The van der Waals surface area contributed by atoms with Crippen LogP contribution in [-0.2, 0) is 11.3 Å². The van der Waals surface area contributed by atoms with Gasteiger partial charge in [-0.2, -0.15) is 0 Å². The van der Waals surface area contributed by atoms with E-state index in [4.69, 9.17) is 4.74 Å². The molecule has 3 aromatic rings. The lowest BCUT2D eigenvalue weighted by Gasteiger charge is -2.28. The molecule has 1 aliphatic rings. The summed E-state index contributed by atoms with van der Waals surface area (Å²) in [4.78, 5) is 19.0. The van der Waals surface area contributed by atoms with Gasteiger partial charge in [0.05, 0.1) is 13.2 Å². The number of nitrogens with zero attached hydrogens (tertiary/aromatic N) is 2. The molecular formula is C25H24N4O2. The van der Waals surface area contributed by atoms with Crippen LogP contribution in [0.3, 0.4) is 0 Å². The molecular weight excluding hydrogens is 388 g/mol. The van der Waals surface area contributed by atoms with Crippen molar-refractivity contribution >= 4 is 17.5 Å². The minimum Gasteiger partial charge on any atom is -0.378 e. The van der Waals surface area contributed by atoms with Crippen LogP contribution in [0.5, 0.6) is 0 Å². The van der Waals surface area contributed by atoms with E-state index in [0.29, 0.717) is 25.4 Å². The van der Waals surface area contributed by atoms with Crippen molar-refractivity contribution in [3.8, 4) is 11.8 Å². The maximum absolute atomic E-state index is 12.4. The van der Waals surface area contributed by atoms with Gasteiger partial charge < -0.3 is 20.3 Å². The van der Waals surface area contributed by atoms with E-state index in [1.54, 1.807) is 6.20 Å². The summed E-state index contributed by atoms with van der Waals surface area (Å²) in [6, 6.07) is 21.0. The average molecular weight is 412 g/mol. The van der Waals surface area contributed by atoms with Crippen LogP contribution in [0.25, 0.3) is 0 Å². The Balaban J connectivity index is 1.33. The van der Waals surface area contributed by atoms with Crippen molar-refractivity contribution in [1.82, 2.24) is 10.3 Å². The summed E-state index contributed by atoms with van der Waals surface area (Å²) in [6.07, 6.45) is 1.77. The van der Waals surface area contributed by atoms with E-state index in [9.17, 15) is 4.79 Å². The molecule has 0 unspecified atom stereocenters. The van der Waals surface area contributed by atoms with E-state index in [1.165, 1.54) is 0 Å². The number of morpholine rings is 1. The Morgan fingerprint density at radius 2 is 1.74 bits per heavy atom. The standard InChI is InChI=1S/C25H24N4O2/c30-25(27-19-22-11-12-26-24(18-22)29-13-15-31-16-14-29)28-23-8-4-7-21(17-23)10-9-20-5-2-1-3-6-20/h1-8,11-12,17-18H,13-16,19H2,(H2,27,28,30). The first kappa shape index (κ1) is 20.5. The molecule has 6 nitrogen and oxygen atoms in total. The second kappa shape index (κ2) is 10.3. The topological polar surface area (TPSA) is 66.5 Å². The Bertz CT molecular complexity index is 1080. The molecule has 1 fully saturated rings. The van der Waals surface area contributed by atoms with E-state index in [-0.39, 0.29) is 6.03 Å². The van der Waals surface area contributed by atoms with Gasteiger partial charge in [-0.05, 0) is 48.0 Å². The third kappa shape index (κ3) is 6.08. The molecule has 1 aromatic heterocycles. The number of ether oxygens (including phenoxy) is 1. The van der Waals surface area contributed by atoms with Crippen LogP contribution in [0.15, 0.2) is 72.9 Å². The fourth-order valence-corrected chi connectivity index (χ4v) is 3.23. The highest BCUT2D eigenvalue weighted by atomic mass is 16.5. The largest absolute Gasteiger partial charge is 0.378 e. The first-order chi connectivity index (χ1) is 15.3. The number of aromatic nitrogens is 1. The van der Waals surface area contributed by atoms with Crippen molar-refractivity contribution in [2.24, 2.45) is 0 Å². The van der Waals surface area contributed by atoms with Crippen molar-refractivity contribution in [3.05, 3.63) is 89.6 Å². The maximum Gasteiger partial charge on any atom is 0.319 e. The van der Waals surface area contributed by atoms with Crippen molar-refractivity contribution in [1.29, 1.82) is 0 Å². The van der Waals surface area contributed by atoms with Gasteiger partial charge in [-0.15, -0.1) is 0 Å². The summed E-state index contributed by atoms with van der Waals surface area (Å²) in [7, 11) is 0. The molecule has 2 N–H and O–H groups in total. The van der Waals surface area contributed by atoms with E-state index in [1.807, 2.05) is 66.7 Å². The second-order valence-electron chi connectivity index (χ2n) is 7.13. The van der Waals surface area contributed by atoms with Gasteiger partial charge >= 0.3 is 6.03 Å². The molecule has 2 amide bonds. The molecule has 1 aliphatic heterocycles. The molecule has 31 heavy (non-hydrogen) atoms. The van der Waals surface area contributed by atoms with Gasteiger partial charge in [-0.1, -0.05) is 36.1 Å². The van der Waals surface area contributed by atoms with Gasteiger partial charge in [0.25, 0.3) is 0 Å². The molecule has 2 heterocycles. The fourth-order valence-electron chi connectivity index (χ4n) is 3.23. The Morgan fingerprint density at radius 1 is 0.968 bits per heavy atom. The van der Waals surface area contributed by atoms with Crippen molar-refractivity contribution in [3.63, 3.8) is 0 Å². The maximum atomic E-state index is 12.4. The Labute approximate surface area is 182 Å². The van der Waals surface area contributed by atoms with Gasteiger partial charge in [0.2, 0.25) is 0 Å². The Morgan fingerprint density at radius 3 is 2.58 bits per heavy atom. The lowest BCUT2D eigenvalue weighted by atomic mass is 10.1. The Kier molecular flexibility index (Phi) is 6.78. The monoisotopic (exact) mass is 412 g/mol. The third-order valence-corrected chi connectivity index (χ3v) is 4.84. The minimum atomic E-state index is -0.266. The van der Waals surface area contributed by atoms with Crippen molar-refractivity contribution in [2.45, 2.75) is 6.54 Å². The highest BCUT2D eigenvalue weighted by Gasteiger charge is 2.12. The van der Waals surface area contributed by atoms with Crippen molar-refractivity contribution < 1.29 is 9.53 Å². The molecule has 0 saturated carbocycles. The summed E-state index contributed by atoms with van der Waals surface area (Å²) in [6.45, 7) is 3.49. The predicted octanol–water partition coefficient (Wildman–Crippen LogP) is 3.64. The number of amides is 2. The van der Waals surface area contributed by atoms with Gasteiger partial charge in [0, 0.05) is 42.6 Å². The van der Waals surface area contributed by atoms with Gasteiger partial charge in [0.1, 0.15) is 5.82 Å². The second-order valence-corrected chi connectivity index (χ2v) is 7.13. The number of urea groups is 1. The zero-order valence-corrected chi connectivity index (χ0v) is 17.2. The van der Waals surface area contributed by atoms with Crippen LogP contribution in [0, 0.1) is 11.8 Å². The minimum absolute atomic E-state index is 0.266. The van der Waals surface area contributed by atoms with Crippen LogP contribution >= 0.6 is 0 Å². The summed E-state index contributed by atoms with van der Waals surface area (Å²) >= 11 is 0. The molecule has 1 saturated heterocycles. The van der Waals surface area contributed by atoms with Gasteiger partial charge in [-0.25, -0.2) is 9.78 Å². The lowest BCUT2D eigenvalue weighted by Crippen LogP contribution is -2.36. The zero-order valence-electron chi connectivity index (χ0n) is 17.2. The Hall–Kier alpha value is -3.82. The molecule has 0 spiro atoms. The molecule has 0 bridgehead atoms. The van der Waals surface area contributed by atoms with E-state index >= 15 is 0 Å². The van der Waals surface area contributed by atoms with E-state index in [0.717, 1.165) is 35.6 Å². The summed E-state index contributed by atoms with van der Waals surface area (Å²) < 4.78 is 5.39. The molecule has 0 atom stereocenters. The molecule has 0 aliphatic carbocycles. The predicted molar refractivity (Wildman–Crippen MR) is 122 cm³/mol. The van der Waals surface area contributed by atoms with E-state index in [2.05, 4.69) is 32.4 Å². The fraction of sp³-hybridized carbons (Fsp3) is 0.200. The smallest absolute Gasteiger partial charge is 0.319 e. The molecule has 6 heteroatoms. The van der Waals surface area contributed by atoms with Crippen LogP contribution in [0.2, 0.25) is 0 Å². The molecule has 0 radical (unpaired) electrons. The van der Waals surface area contributed by atoms with Crippen LogP contribution < -0.4 is 15.5 Å². The normalized spacial score (nSPS) is 13.1. The molecule has 4 rings (SSSR count). The summed E-state index contributed by atoms with van der Waals surface area (Å²) in [5.74, 6) is 7.16. The van der Waals surface area contributed by atoms with Gasteiger partial charge in [-0.3, -0.25) is 0 Å². The molecule has 2 aromatic carbocycles. The number of pyridine rings is 1. The van der Waals surface area contributed by atoms with E-state index < -0.39 is 0 Å².